The summed E-state index contributed by atoms with van der Waals surface area (Å²) in [5.74, 6) is -1.04. The normalized spacial score (nSPS) is 15.1. The number of hydrogen-bond donors (Lipinski definition) is 1. The number of carboxylic acids is 1. The van der Waals surface area contributed by atoms with Gasteiger partial charge < -0.3 is 19.1 Å². The van der Waals surface area contributed by atoms with Gasteiger partial charge in [-0.3, -0.25) is 0 Å². The lowest BCUT2D eigenvalue weighted by molar-refractivity contribution is 0.0697. The summed E-state index contributed by atoms with van der Waals surface area (Å²) >= 11 is 0. The minimum Gasteiger partial charge on any atom is -0.478 e. The number of aliphatic imine (C=N–C) groups is 1. The third-order valence-electron chi connectivity index (χ3n) is 7.39. The van der Waals surface area contributed by atoms with Crippen molar-refractivity contribution in [3.8, 4) is 6.07 Å². The molecule has 0 amide bonds. The predicted molar refractivity (Wildman–Crippen MR) is 161 cm³/mol. The predicted octanol–water partition coefficient (Wildman–Crippen LogP) is 6.51. The lowest BCUT2D eigenvalue weighted by atomic mass is 10.1. The van der Waals surface area contributed by atoms with Gasteiger partial charge >= 0.3 is 5.97 Å². The molecule has 10 heteroatoms. The van der Waals surface area contributed by atoms with E-state index in [4.69, 9.17) is 19.7 Å². The summed E-state index contributed by atoms with van der Waals surface area (Å²) < 4.78 is 42.5. The van der Waals surface area contributed by atoms with Gasteiger partial charge in [0.15, 0.2) is 0 Å². The van der Waals surface area contributed by atoms with Crippen LogP contribution in [0.15, 0.2) is 83.7 Å². The molecule has 5 rings (SSSR count). The summed E-state index contributed by atoms with van der Waals surface area (Å²) in [4.78, 5) is 20.1. The Morgan fingerprint density at radius 3 is 2.70 bits per heavy atom. The largest absolute Gasteiger partial charge is 0.478 e. The first-order valence-corrected chi connectivity index (χ1v) is 14.1. The highest BCUT2D eigenvalue weighted by Crippen LogP contribution is 2.25. The second kappa shape index (κ2) is 13.9. The van der Waals surface area contributed by atoms with Gasteiger partial charge in [-0.25, -0.2) is 23.6 Å². The molecule has 1 saturated heterocycles. The van der Waals surface area contributed by atoms with E-state index in [1.165, 1.54) is 24.3 Å². The zero-order valence-electron chi connectivity index (χ0n) is 23.9. The number of aromatic carboxylic acids is 1. The van der Waals surface area contributed by atoms with Crippen molar-refractivity contribution in [1.29, 1.82) is 5.26 Å². The van der Waals surface area contributed by atoms with E-state index in [-0.39, 0.29) is 41.1 Å². The molecule has 0 saturated carbocycles. The first-order valence-electron chi connectivity index (χ1n) is 14.1. The van der Waals surface area contributed by atoms with Crippen molar-refractivity contribution < 1.29 is 28.2 Å². The van der Waals surface area contributed by atoms with E-state index in [2.05, 4.69) is 11.7 Å². The van der Waals surface area contributed by atoms with E-state index in [0.717, 1.165) is 24.5 Å². The van der Waals surface area contributed by atoms with Crippen LogP contribution in [0.5, 0.6) is 0 Å². The van der Waals surface area contributed by atoms with Gasteiger partial charge in [-0.1, -0.05) is 30.4 Å². The number of nitriles is 1. The van der Waals surface area contributed by atoms with E-state index >= 15 is 4.39 Å². The van der Waals surface area contributed by atoms with E-state index in [0.29, 0.717) is 48.4 Å². The van der Waals surface area contributed by atoms with Gasteiger partial charge in [0.25, 0.3) is 0 Å². The molecule has 224 valence electrons. The highest BCUT2D eigenvalue weighted by Gasteiger charge is 2.21. The summed E-state index contributed by atoms with van der Waals surface area (Å²) in [5, 5.41) is 18.4. The van der Waals surface area contributed by atoms with Gasteiger partial charge in [0, 0.05) is 18.6 Å². The molecule has 1 aliphatic rings. The lowest BCUT2D eigenvalue weighted by Gasteiger charge is -2.15. The molecule has 8 nitrogen and oxygen atoms in total. The number of ether oxygens (including phenoxy) is 2. The lowest BCUT2D eigenvalue weighted by Crippen LogP contribution is -2.17. The van der Waals surface area contributed by atoms with E-state index in [1.54, 1.807) is 36.4 Å². The first-order chi connectivity index (χ1) is 21.3. The summed E-state index contributed by atoms with van der Waals surface area (Å²) in [7, 11) is 0. The topological polar surface area (TPSA) is 110 Å². The number of benzene rings is 3. The van der Waals surface area contributed by atoms with Crippen molar-refractivity contribution in [3.63, 3.8) is 0 Å². The molecule has 0 spiro atoms. The monoisotopic (exact) mass is 596 g/mol. The van der Waals surface area contributed by atoms with Gasteiger partial charge in [-0.15, -0.1) is 0 Å². The van der Waals surface area contributed by atoms with Crippen LogP contribution in [0.1, 0.15) is 51.3 Å². The smallest absolute Gasteiger partial charge is 0.335 e. The summed E-state index contributed by atoms with van der Waals surface area (Å²) in [6, 6.07) is 15.9. The number of carbonyl (C=O) groups is 1. The van der Waals surface area contributed by atoms with Crippen molar-refractivity contribution in [2.45, 2.75) is 44.9 Å². The van der Waals surface area contributed by atoms with Crippen molar-refractivity contribution in [1.82, 2.24) is 9.55 Å². The summed E-state index contributed by atoms with van der Waals surface area (Å²) in [6.45, 7) is 4.61. The molecule has 0 unspecified atom stereocenters. The van der Waals surface area contributed by atoms with Crippen LogP contribution in [0.3, 0.4) is 0 Å². The van der Waals surface area contributed by atoms with Crippen LogP contribution in [0.2, 0.25) is 0 Å². The number of imidazole rings is 1. The third kappa shape index (κ3) is 7.25. The second-order valence-corrected chi connectivity index (χ2v) is 10.4. The van der Waals surface area contributed by atoms with Crippen LogP contribution in [-0.4, -0.2) is 40.1 Å². The van der Waals surface area contributed by atoms with Gasteiger partial charge in [-0.2, -0.15) is 5.26 Å². The van der Waals surface area contributed by atoms with Gasteiger partial charge in [0.2, 0.25) is 5.88 Å². The van der Waals surface area contributed by atoms with E-state index < -0.39 is 11.8 Å². The van der Waals surface area contributed by atoms with E-state index in [1.807, 2.05) is 16.7 Å². The number of aromatic nitrogens is 2. The second-order valence-electron chi connectivity index (χ2n) is 10.4. The highest BCUT2D eigenvalue weighted by molar-refractivity contribution is 5.92. The summed E-state index contributed by atoms with van der Waals surface area (Å²) in [6.07, 6.45) is 7.53. The number of halogens is 2. The standard InChI is InChI=1S/C34H30F2N4O4/c1-38-33(44-21-26-11-9-23(19-37)16-29(26)36)7-3-2-5-24-10-8-22(15-28(24)35)17-32-39-30-13-12-25(34(41)42)18-31(30)40(32)20-27-6-4-14-43-27/h2-3,7-13,15-16,18,27H,1,4-6,14,17,20-21H2,(H,41,42)/b3-2-,33-7+/t27-/m0/s1. The van der Waals surface area contributed by atoms with E-state index in [9.17, 15) is 14.3 Å². The molecule has 1 N–H and O–H groups in total. The molecule has 0 aliphatic carbocycles. The Morgan fingerprint density at radius 1 is 1.18 bits per heavy atom. The maximum Gasteiger partial charge on any atom is 0.335 e. The van der Waals surface area contributed by atoms with Crippen LogP contribution in [0, 0.1) is 23.0 Å². The zero-order valence-corrected chi connectivity index (χ0v) is 23.9. The van der Waals surface area contributed by atoms with Gasteiger partial charge in [-0.05, 0) is 79.6 Å². The number of hydrogen-bond acceptors (Lipinski definition) is 6. The fraction of sp³-hybridized carbons (Fsp3) is 0.235. The molecular weight excluding hydrogens is 566 g/mol. The molecule has 1 fully saturated rings. The number of allylic oxidation sites excluding steroid dienone is 3. The molecule has 1 aromatic heterocycles. The van der Waals surface area contributed by atoms with Crippen LogP contribution >= 0.6 is 0 Å². The fourth-order valence-electron chi connectivity index (χ4n) is 5.06. The number of rotatable bonds is 12. The molecule has 3 aromatic carbocycles. The summed E-state index contributed by atoms with van der Waals surface area (Å²) in [5.41, 5.74) is 3.29. The van der Waals surface area contributed by atoms with Crippen molar-refractivity contribution in [3.05, 3.63) is 124 Å². The molecule has 0 bridgehead atoms. The molecule has 2 heterocycles. The maximum atomic E-state index is 15.1. The average Bonchev–Trinajstić information content (AvgIpc) is 3.66. The third-order valence-corrected chi connectivity index (χ3v) is 7.39. The quantitative estimate of drug-likeness (QED) is 0.113. The Balaban J connectivity index is 1.25. The molecule has 4 aromatic rings. The Morgan fingerprint density at radius 2 is 2.00 bits per heavy atom. The Labute approximate surface area is 253 Å². The number of nitrogens with zero attached hydrogens (tertiary/aromatic N) is 4. The molecule has 1 aliphatic heterocycles. The Kier molecular flexibility index (Phi) is 9.57. The van der Waals surface area contributed by atoms with Gasteiger partial charge in [0.1, 0.15) is 24.1 Å². The number of fused-ring (bicyclic) bond motifs is 1. The van der Waals surface area contributed by atoms with Crippen molar-refractivity contribution in [2.24, 2.45) is 4.99 Å². The Hall–Kier alpha value is -5.14. The highest BCUT2D eigenvalue weighted by atomic mass is 19.1. The molecule has 0 radical (unpaired) electrons. The van der Waals surface area contributed by atoms with Crippen molar-refractivity contribution in [2.75, 3.05) is 6.61 Å². The zero-order chi connectivity index (χ0) is 31.1. The Bertz CT molecular complexity index is 1800. The minimum atomic E-state index is -1.01. The van der Waals surface area contributed by atoms with Crippen molar-refractivity contribution >= 4 is 23.7 Å². The minimum absolute atomic E-state index is 0.0129. The van der Waals surface area contributed by atoms with Gasteiger partial charge in [0.05, 0.1) is 40.9 Å². The SMILES string of the molecule is C=N/C(=C\C=C/Cc1ccc(Cc2nc3ccc(C(=O)O)cc3n2C[C@@H]2CCCO2)cc1F)OCc1ccc(C#N)cc1F. The van der Waals surface area contributed by atoms with Crippen LogP contribution < -0.4 is 0 Å². The first kappa shape index (κ1) is 30.3. The van der Waals surface area contributed by atoms with Crippen LogP contribution in [-0.2, 0) is 35.5 Å². The molecular formula is C34H30F2N4O4. The molecule has 1 atom stereocenters. The average molecular weight is 597 g/mol. The fourth-order valence-corrected chi connectivity index (χ4v) is 5.06. The maximum absolute atomic E-state index is 15.1. The molecule has 44 heavy (non-hydrogen) atoms. The van der Waals surface area contributed by atoms with Crippen LogP contribution in [0.4, 0.5) is 8.78 Å². The number of carboxylic acid groups (broad SMARTS) is 1. The van der Waals surface area contributed by atoms with Crippen LogP contribution in [0.25, 0.3) is 11.0 Å².